The van der Waals surface area contributed by atoms with Crippen LogP contribution in [-0.2, 0) is 17.8 Å². The van der Waals surface area contributed by atoms with Crippen LogP contribution in [0.5, 0.6) is 0 Å². The van der Waals surface area contributed by atoms with Gasteiger partial charge in [-0.15, -0.1) is 10.2 Å². The lowest BCUT2D eigenvalue weighted by molar-refractivity contribution is -0.113. The minimum atomic E-state index is -1.68. The lowest BCUT2D eigenvalue weighted by Crippen LogP contribution is -2.29. The molecule has 2 aromatic heterocycles. The molecule has 152 valence electrons. The Labute approximate surface area is 164 Å². The summed E-state index contributed by atoms with van der Waals surface area (Å²) in [4.78, 5) is 36.5. The standard InChI is InChI=1S/C16H12F3N5O4S/c17-8-1-2-9(14(19)13(8)18)20-11(26)7-29-16-23-22-12(28-16)4-6-24-5-3-10(25)21-15(24)27/h1-3,5H,4,6-7H2,(H,20,26)(H,21,25,27). The van der Waals surface area contributed by atoms with Crippen molar-refractivity contribution in [2.24, 2.45) is 0 Å². The number of benzene rings is 1. The van der Waals surface area contributed by atoms with Gasteiger partial charge in [0.1, 0.15) is 0 Å². The molecule has 0 saturated carbocycles. The van der Waals surface area contributed by atoms with Gasteiger partial charge in [-0.1, -0.05) is 11.8 Å². The molecule has 2 N–H and O–H groups in total. The Morgan fingerprint density at radius 3 is 2.72 bits per heavy atom. The Morgan fingerprint density at radius 1 is 1.17 bits per heavy atom. The van der Waals surface area contributed by atoms with Crippen LogP contribution in [0.15, 0.2) is 43.6 Å². The molecule has 0 aliphatic carbocycles. The number of thioether (sulfide) groups is 1. The van der Waals surface area contributed by atoms with Crippen LogP contribution in [0.4, 0.5) is 18.9 Å². The van der Waals surface area contributed by atoms with Gasteiger partial charge in [0.15, 0.2) is 17.5 Å². The molecule has 0 radical (unpaired) electrons. The molecule has 2 heterocycles. The summed E-state index contributed by atoms with van der Waals surface area (Å²) in [6, 6.07) is 2.80. The zero-order chi connectivity index (χ0) is 21.0. The third-order valence-corrected chi connectivity index (χ3v) is 4.37. The Balaban J connectivity index is 1.52. The monoisotopic (exact) mass is 427 g/mol. The van der Waals surface area contributed by atoms with Crippen molar-refractivity contribution in [2.75, 3.05) is 11.1 Å². The zero-order valence-electron chi connectivity index (χ0n) is 14.4. The highest BCUT2D eigenvalue weighted by Crippen LogP contribution is 2.21. The van der Waals surface area contributed by atoms with E-state index in [9.17, 15) is 27.6 Å². The Bertz CT molecular complexity index is 1160. The first-order valence-electron chi connectivity index (χ1n) is 8.02. The smallest absolute Gasteiger partial charge is 0.328 e. The van der Waals surface area contributed by atoms with E-state index in [2.05, 4.69) is 20.5 Å². The fourth-order valence-electron chi connectivity index (χ4n) is 2.17. The molecule has 0 unspecified atom stereocenters. The zero-order valence-corrected chi connectivity index (χ0v) is 15.3. The van der Waals surface area contributed by atoms with Crippen LogP contribution >= 0.6 is 11.8 Å². The third-order valence-electron chi connectivity index (χ3n) is 3.55. The number of hydrogen-bond acceptors (Lipinski definition) is 7. The van der Waals surface area contributed by atoms with Crippen LogP contribution in [0.25, 0.3) is 0 Å². The SMILES string of the molecule is O=C(CSc1nnc(CCn2ccc(=O)[nH]c2=O)o1)Nc1ccc(F)c(F)c1F. The van der Waals surface area contributed by atoms with Crippen molar-refractivity contribution >= 4 is 23.4 Å². The van der Waals surface area contributed by atoms with Gasteiger partial charge in [-0.3, -0.25) is 14.6 Å². The summed E-state index contributed by atoms with van der Waals surface area (Å²) < 4.78 is 46.2. The van der Waals surface area contributed by atoms with Crippen LogP contribution in [0, 0.1) is 17.5 Å². The van der Waals surface area contributed by atoms with E-state index in [0.29, 0.717) is 6.07 Å². The van der Waals surface area contributed by atoms with Gasteiger partial charge in [0, 0.05) is 25.2 Å². The molecule has 0 aliphatic rings. The molecule has 13 heteroatoms. The van der Waals surface area contributed by atoms with Gasteiger partial charge in [-0.2, -0.15) is 0 Å². The van der Waals surface area contributed by atoms with Crippen molar-refractivity contribution < 1.29 is 22.4 Å². The van der Waals surface area contributed by atoms with Gasteiger partial charge in [0.25, 0.3) is 10.8 Å². The van der Waals surface area contributed by atoms with E-state index >= 15 is 0 Å². The maximum atomic E-state index is 13.5. The van der Waals surface area contributed by atoms with Crippen LogP contribution < -0.4 is 16.6 Å². The molecule has 0 fully saturated rings. The number of carbonyl (C=O) groups is 1. The molecule has 3 rings (SSSR count). The van der Waals surface area contributed by atoms with Gasteiger partial charge in [-0.05, 0) is 12.1 Å². The van der Waals surface area contributed by atoms with Gasteiger partial charge in [0.2, 0.25) is 11.8 Å². The molecular weight excluding hydrogens is 415 g/mol. The van der Waals surface area contributed by atoms with Gasteiger partial charge >= 0.3 is 5.69 Å². The quantitative estimate of drug-likeness (QED) is 0.431. The summed E-state index contributed by atoms with van der Waals surface area (Å²) in [7, 11) is 0. The minimum absolute atomic E-state index is 0.0507. The molecule has 0 saturated heterocycles. The number of amides is 1. The van der Waals surface area contributed by atoms with Crippen molar-refractivity contribution in [3.05, 3.63) is 68.6 Å². The number of carbonyl (C=O) groups excluding carboxylic acids is 1. The molecule has 9 nitrogen and oxygen atoms in total. The number of halogens is 3. The van der Waals surface area contributed by atoms with E-state index in [1.165, 1.54) is 16.8 Å². The van der Waals surface area contributed by atoms with Crippen LogP contribution in [0.3, 0.4) is 0 Å². The number of aromatic amines is 1. The van der Waals surface area contributed by atoms with E-state index in [4.69, 9.17) is 4.42 Å². The van der Waals surface area contributed by atoms with Crippen molar-refractivity contribution in [3.8, 4) is 0 Å². The highest BCUT2D eigenvalue weighted by molar-refractivity contribution is 7.99. The molecule has 1 amide bonds. The Morgan fingerprint density at radius 2 is 1.97 bits per heavy atom. The van der Waals surface area contributed by atoms with Crippen LogP contribution in [0.1, 0.15) is 5.89 Å². The predicted octanol–water partition coefficient (Wildman–Crippen LogP) is 1.31. The second-order valence-electron chi connectivity index (χ2n) is 5.58. The lowest BCUT2D eigenvalue weighted by atomic mass is 10.3. The topological polar surface area (TPSA) is 123 Å². The maximum absolute atomic E-state index is 13.5. The second kappa shape index (κ2) is 8.77. The van der Waals surface area contributed by atoms with Crippen molar-refractivity contribution in [3.63, 3.8) is 0 Å². The van der Waals surface area contributed by atoms with E-state index in [-0.39, 0.29) is 29.8 Å². The van der Waals surface area contributed by atoms with E-state index < -0.39 is 40.3 Å². The van der Waals surface area contributed by atoms with E-state index in [1.807, 2.05) is 0 Å². The second-order valence-corrected chi connectivity index (χ2v) is 6.50. The lowest BCUT2D eigenvalue weighted by Gasteiger charge is -2.06. The van der Waals surface area contributed by atoms with Gasteiger partial charge in [-0.25, -0.2) is 18.0 Å². The first kappa shape index (κ1) is 20.4. The first-order valence-corrected chi connectivity index (χ1v) is 9.00. The fraction of sp³-hybridized carbons (Fsp3) is 0.188. The van der Waals surface area contributed by atoms with Crippen molar-refractivity contribution in [2.45, 2.75) is 18.2 Å². The number of H-pyrrole nitrogens is 1. The number of nitrogens with one attached hydrogen (secondary N) is 2. The number of anilines is 1. The first-order chi connectivity index (χ1) is 13.8. The molecule has 1 aromatic carbocycles. The number of hydrogen-bond donors (Lipinski definition) is 2. The molecule has 0 aliphatic heterocycles. The normalized spacial score (nSPS) is 10.9. The maximum Gasteiger partial charge on any atom is 0.328 e. The highest BCUT2D eigenvalue weighted by atomic mass is 32.2. The largest absolute Gasteiger partial charge is 0.416 e. The summed E-state index contributed by atoms with van der Waals surface area (Å²) in [5.41, 5.74) is -1.58. The van der Waals surface area contributed by atoms with E-state index in [1.54, 1.807) is 0 Å². The number of aromatic nitrogens is 4. The van der Waals surface area contributed by atoms with Crippen molar-refractivity contribution in [1.29, 1.82) is 0 Å². The third kappa shape index (κ3) is 5.13. The summed E-state index contributed by atoms with van der Waals surface area (Å²) >= 11 is 0.850. The highest BCUT2D eigenvalue weighted by Gasteiger charge is 2.16. The molecule has 29 heavy (non-hydrogen) atoms. The molecule has 0 bridgehead atoms. The average molecular weight is 427 g/mol. The molecular formula is C16H12F3N5O4S. The Kier molecular flexibility index (Phi) is 6.16. The van der Waals surface area contributed by atoms with E-state index in [0.717, 1.165) is 17.8 Å². The Hall–Kier alpha value is -3.35. The summed E-state index contributed by atoms with van der Waals surface area (Å²) in [5, 5.41) is 9.66. The minimum Gasteiger partial charge on any atom is -0.416 e. The number of nitrogens with zero attached hydrogens (tertiary/aromatic N) is 3. The fourth-order valence-corrected chi connectivity index (χ4v) is 2.75. The molecule has 3 aromatic rings. The number of aryl methyl sites for hydroxylation is 2. The van der Waals surface area contributed by atoms with Gasteiger partial charge in [0.05, 0.1) is 11.4 Å². The predicted molar refractivity (Wildman–Crippen MR) is 95.0 cm³/mol. The summed E-state index contributed by atoms with van der Waals surface area (Å²) in [6.45, 7) is 0.178. The van der Waals surface area contributed by atoms with Crippen LogP contribution in [0.2, 0.25) is 0 Å². The van der Waals surface area contributed by atoms with Gasteiger partial charge < -0.3 is 14.3 Å². The average Bonchev–Trinajstić information content (AvgIpc) is 3.14. The van der Waals surface area contributed by atoms with Crippen LogP contribution in [-0.4, -0.2) is 31.4 Å². The molecule has 0 spiro atoms. The summed E-state index contributed by atoms with van der Waals surface area (Å²) in [5.74, 6) is -5.30. The summed E-state index contributed by atoms with van der Waals surface area (Å²) in [6.07, 6.45) is 1.53. The van der Waals surface area contributed by atoms with Crippen molar-refractivity contribution in [1.82, 2.24) is 19.7 Å². The molecule has 0 atom stereocenters. The number of rotatable bonds is 7.